The first-order valence-electron chi connectivity index (χ1n) is 1.48. The molecule has 0 aliphatic heterocycles. The maximum atomic E-state index is 9.98. The molecule has 0 spiro atoms. The maximum Gasteiger partial charge on any atom is 0.236 e. The molecule has 1 N–H and O–H groups in total. The summed E-state index contributed by atoms with van der Waals surface area (Å²) in [4.78, 5) is 0. The van der Waals surface area contributed by atoms with Crippen LogP contribution in [0.5, 0.6) is 0 Å². The predicted octanol–water partition coefficient (Wildman–Crippen LogP) is -0.874. The molecule has 40 valence electrons. The van der Waals surface area contributed by atoms with Gasteiger partial charge in [-0.05, 0) is 0 Å². The van der Waals surface area contributed by atoms with Gasteiger partial charge in [0.15, 0.2) is 0 Å². The molecular formula is C3H5NO2S. The van der Waals surface area contributed by atoms with Crippen LogP contribution in [0.2, 0.25) is 0 Å². The van der Waals surface area contributed by atoms with E-state index in [4.69, 9.17) is 0 Å². The van der Waals surface area contributed by atoms with Gasteiger partial charge in [0, 0.05) is 6.04 Å². The van der Waals surface area contributed by atoms with E-state index in [1.54, 1.807) is 10.8 Å². The Morgan fingerprint density at radius 1 is 1.71 bits per heavy atom. The fourth-order valence-corrected chi connectivity index (χ4v) is 0.321. The lowest BCUT2D eigenvalue weighted by molar-refractivity contribution is 0.598. The van der Waals surface area contributed by atoms with Gasteiger partial charge in [-0.15, -0.1) is 0 Å². The Morgan fingerprint density at radius 3 is 2.14 bits per heavy atom. The normalized spacial score (nSPS) is 9.71. The van der Waals surface area contributed by atoms with Gasteiger partial charge in [-0.3, -0.25) is 0 Å². The van der Waals surface area contributed by atoms with Gasteiger partial charge < -0.3 is 0 Å². The highest BCUT2D eigenvalue weighted by atomic mass is 32.2. The lowest BCUT2D eigenvalue weighted by Crippen LogP contribution is -2.14. The van der Waals surface area contributed by atoms with E-state index in [1.807, 2.05) is 0 Å². The van der Waals surface area contributed by atoms with Crippen LogP contribution < -0.4 is 4.72 Å². The fraction of sp³-hybridized carbons (Fsp3) is 0.333. The molecule has 0 rings (SSSR count). The zero-order valence-corrected chi connectivity index (χ0v) is 4.62. The van der Waals surface area contributed by atoms with Crippen molar-refractivity contribution in [3.63, 3.8) is 0 Å². The van der Waals surface area contributed by atoms with Crippen LogP contribution in [-0.4, -0.2) is 14.7 Å². The maximum absolute atomic E-state index is 9.98. The van der Waals surface area contributed by atoms with Crippen LogP contribution in [0.3, 0.4) is 0 Å². The van der Waals surface area contributed by atoms with Crippen LogP contribution in [-0.2, 0) is 10.0 Å². The third kappa shape index (κ3) is 5.31. The summed E-state index contributed by atoms with van der Waals surface area (Å²) < 4.78 is 21.7. The van der Waals surface area contributed by atoms with Crippen molar-refractivity contribution in [3.8, 4) is 12.5 Å². The summed E-state index contributed by atoms with van der Waals surface area (Å²) >= 11 is 0. The highest BCUT2D eigenvalue weighted by molar-refractivity contribution is 7.88. The van der Waals surface area contributed by atoms with E-state index in [0.29, 0.717) is 0 Å². The van der Waals surface area contributed by atoms with E-state index in [2.05, 4.69) is 6.42 Å². The molecular weight excluding hydrogens is 114 g/mol. The second-order valence-corrected chi connectivity index (χ2v) is 2.77. The number of terminal acetylenes is 1. The highest BCUT2D eigenvalue weighted by Crippen LogP contribution is 1.65. The molecule has 0 heterocycles. The lowest BCUT2D eigenvalue weighted by atomic mass is 11.2. The van der Waals surface area contributed by atoms with Crippen molar-refractivity contribution in [2.45, 2.75) is 0 Å². The van der Waals surface area contributed by atoms with Crippen molar-refractivity contribution in [2.75, 3.05) is 6.26 Å². The van der Waals surface area contributed by atoms with Gasteiger partial charge in [0.1, 0.15) is 0 Å². The van der Waals surface area contributed by atoms with Gasteiger partial charge in [-0.25, -0.2) is 13.1 Å². The van der Waals surface area contributed by atoms with E-state index < -0.39 is 10.0 Å². The zero-order chi connectivity index (χ0) is 5.91. The van der Waals surface area contributed by atoms with Crippen molar-refractivity contribution in [1.82, 2.24) is 4.72 Å². The molecule has 0 saturated heterocycles. The molecule has 0 aliphatic rings. The molecule has 0 bridgehead atoms. The van der Waals surface area contributed by atoms with Gasteiger partial charge in [0.2, 0.25) is 10.0 Å². The highest BCUT2D eigenvalue weighted by Gasteiger charge is 1.90. The first-order chi connectivity index (χ1) is 3.06. The zero-order valence-electron chi connectivity index (χ0n) is 3.80. The number of hydrogen-bond acceptors (Lipinski definition) is 2. The molecule has 0 aliphatic carbocycles. The number of rotatable bonds is 1. The quantitative estimate of drug-likeness (QED) is 0.360. The Bertz CT molecular complexity index is 174. The molecule has 7 heavy (non-hydrogen) atoms. The standard InChI is InChI=1S/C3H5NO2S/c1-3-4-7(2,5)6/h1,4H,2H3. The van der Waals surface area contributed by atoms with Crippen molar-refractivity contribution >= 4 is 10.0 Å². The van der Waals surface area contributed by atoms with Crippen LogP contribution >= 0.6 is 0 Å². The summed E-state index contributed by atoms with van der Waals surface area (Å²) in [5.41, 5.74) is 0. The Balaban J connectivity index is 3.92. The van der Waals surface area contributed by atoms with E-state index in [-0.39, 0.29) is 0 Å². The Morgan fingerprint density at radius 2 is 2.14 bits per heavy atom. The number of nitrogens with one attached hydrogen (secondary N) is 1. The number of sulfonamides is 1. The van der Waals surface area contributed by atoms with Crippen LogP contribution in [0.1, 0.15) is 0 Å². The van der Waals surface area contributed by atoms with Gasteiger partial charge in [-0.1, -0.05) is 6.42 Å². The largest absolute Gasteiger partial charge is 0.242 e. The fourth-order valence-electron chi connectivity index (χ4n) is 0.107. The Labute approximate surface area is 42.8 Å². The van der Waals surface area contributed by atoms with E-state index in [9.17, 15) is 8.42 Å². The summed E-state index contributed by atoms with van der Waals surface area (Å²) in [6.45, 7) is 0. The third-order valence-corrected chi connectivity index (χ3v) is 0.733. The Kier molecular flexibility index (Phi) is 1.66. The molecule has 0 radical (unpaired) electrons. The molecule has 0 aromatic heterocycles. The summed E-state index contributed by atoms with van der Waals surface area (Å²) in [5.74, 6) is 0. The summed E-state index contributed by atoms with van der Waals surface area (Å²) in [6.07, 6.45) is 5.57. The van der Waals surface area contributed by atoms with E-state index in [1.165, 1.54) is 0 Å². The van der Waals surface area contributed by atoms with Crippen LogP contribution in [0.4, 0.5) is 0 Å². The monoisotopic (exact) mass is 119 g/mol. The molecule has 0 amide bonds. The average molecular weight is 119 g/mol. The third-order valence-electron chi connectivity index (χ3n) is 0.244. The summed E-state index contributed by atoms with van der Waals surface area (Å²) in [5, 5.41) is 0. The first-order valence-corrected chi connectivity index (χ1v) is 3.38. The van der Waals surface area contributed by atoms with Crippen molar-refractivity contribution < 1.29 is 8.42 Å². The van der Waals surface area contributed by atoms with Gasteiger partial charge in [-0.2, -0.15) is 0 Å². The molecule has 0 atom stereocenters. The van der Waals surface area contributed by atoms with Crippen LogP contribution in [0, 0.1) is 12.5 Å². The van der Waals surface area contributed by atoms with Crippen molar-refractivity contribution in [3.05, 3.63) is 0 Å². The predicted molar refractivity (Wildman–Crippen MR) is 26.8 cm³/mol. The molecule has 0 aromatic rings. The second kappa shape index (κ2) is 1.85. The molecule has 3 nitrogen and oxygen atoms in total. The van der Waals surface area contributed by atoms with E-state index in [0.717, 1.165) is 6.26 Å². The Hall–Kier alpha value is -0.690. The van der Waals surface area contributed by atoms with Gasteiger partial charge in [0.05, 0.1) is 6.26 Å². The topological polar surface area (TPSA) is 46.2 Å². The SMILES string of the molecule is C#CNS(C)(=O)=O. The lowest BCUT2D eigenvalue weighted by Gasteiger charge is -1.86. The molecule has 0 saturated carbocycles. The van der Waals surface area contributed by atoms with E-state index >= 15 is 0 Å². The minimum absolute atomic E-state index is 0.993. The van der Waals surface area contributed by atoms with Crippen molar-refractivity contribution in [2.24, 2.45) is 0 Å². The summed E-state index contributed by atoms with van der Waals surface area (Å²) in [6, 6.07) is 1.77. The number of hydrogen-bond donors (Lipinski definition) is 1. The molecule has 0 fully saturated rings. The smallest absolute Gasteiger partial charge is 0.236 e. The average Bonchev–Trinajstić information content (AvgIpc) is 1.30. The first kappa shape index (κ1) is 6.31. The molecule has 4 heteroatoms. The van der Waals surface area contributed by atoms with Crippen LogP contribution in [0.15, 0.2) is 0 Å². The van der Waals surface area contributed by atoms with Crippen LogP contribution in [0.25, 0.3) is 0 Å². The summed E-state index contributed by atoms with van der Waals surface area (Å²) in [7, 11) is -3.16. The minimum Gasteiger partial charge on any atom is -0.242 e. The minimum atomic E-state index is -3.16. The van der Waals surface area contributed by atoms with Gasteiger partial charge >= 0.3 is 0 Å². The van der Waals surface area contributed by atoms with Crippen molar-refractivity contribution in [1.29, 1.82) is 0 Å². The molecule has 0 aromatic carbocycles. The second-order valence-electron chi connectivity index (χ2n) is 1.02. The van der Waals surface area contributed by atoms with Gasteiger partial charge in [0.25, 0.3) is 0 Å². The molecule has 0 unspecified atom stereocenters.